The lowest BCUT2D eigenvalue weighted by Gasteiger charge is -2.22. The molecule has 0 heterocycles. The van der Waals surface area contributed by atoms with Crippen molar-refractivity contribution in [2.75, 3.05) is 18.0 Å². The molecule has 0 aliphatic carbocycles. The summed E-state index contributed by atoms with van der Waals surface area (Å²) in [6, 6.07) is 10.1. The van der Waals surface area contributed by atoms with Gasteiger partial charge < -0.3 is 10.0 Å². The van der Waals surface area contributed by atoms with Crippen LogP contribution in [0.15, 0.2) is 42.5 Å². The van der Waals surface area contributed by atoms with Crippen molar-refractivity contribution in [3.63, 3.8) is 0 Å². The summed E-state index contributed by atoms with van der Waals surface area (Å²) in [5, 5.41) is 20.8. The third-order valence-corrected chi connectivity index (χ3v) is 4.34. The number of nitro benzene ring substituents is 1. The van der Waals surface area contributed by atoms with Crippen LogP contribution in [-0.4, -0.2) is 34.9 Å². The Balaban J connectivity index is 2.48. The number of hydrogen-bond acceptors (Lipinski definition) is 5. The highest BCUT2D eigenvalue weighted by Crippen LogP contribution is 2.30. The Morgan fingerprint density at radius 1 is 1.11 bits per heavy atom. The highest BCUT2D eigenvalue weighted by Gasteiger charge is 2.23. The van der Waals surface area contributed by atoms with Gasteiger partial charge in [0.2, 0.25) is 0 Å². The van der Waals surface area contributed by atoms with Gasteiger partial charge >= 0.3 is 5.97 Å². The molecule has 0 spiro atoms. The first kappa shape index (κ1) is 20.1. The van der Waals surface area contributed by atoms with Gasteiger partial charge in [-0.3, -0.25) is 14.9 Å². The van der Waals surface area contributed by atoms with E-state index in [1.165, 1.54) is 30.3 Å². The summed E-state index contributed by atoms with van der Waals surface area (Å²) in [6.45, 7) is 5.25. The van der Waals surface area contributed by atoms with E-state index < -0.39 is 16.7 Å². The fraction of sp³-hybridized carbons (Fsp3) is 0.300. The molecule has 142 valence electrons. The molecule has 2 aromatic rings. The molecule has 2 rings (SSSR count). The summed E-state index contributed by atoms with van der Waals surface area (Å²) in [5.74, 6) is -1.78. The lowest BCUT2D eigenvalue weighted by molar-refractivity contribution is -0.384. The normalized spacial score (nSPS) is 10.4. The fourth-order valence-corrected chi connectivity index (χ4v) is 2.90. The molecule has 27 heavy (non-hydrogen) atoms. The number of nitrogens with zero attached hydrogens (tertiary/aromatic N) is 2. The van der Waals surface area contributed by atoms with Crippen LogP contribution in [0.1, 0.15) is 53.0 Å². The predicted octanol–water partition coefficient (Wildman–Crippen LogP) is 4.15. The lowest BCUT2D eigenvalue weighted by Crippen LogP contribution is -2.24. The van der Waals surface area contributed by atoms with E-state index in [1.54, 1.807) is 12.1 Å². The fourth-order valence-electron chi connectivity index (χ4n) is 2.90. The van der Waals surface area contributed by atoms with E-state index >= 15 is 0 Å². The molecule has 0 fully saturated rings. The number of anilines is 1. The van der Waals surface area contributed by atoms with Gasteiger partial charge in [0.05, 0.1) is 10.5 Å². The van der Waals surface area contributed by atoms with E-state index in [9.17, 15) is 24.8 Å². The Labute approximate surface area is 157 Å². The van der Waals surface area contributed by atoms with E-state index in [2.05, 4.69) is 0 Å². The number of benzene rings is 2. The Bertz CT molecular complexity index is 863. The molecule has 0 aliphatic heterocycles. The zero-order valence-corrected chi connectivity index (χ0v) is 15.3. The number of carbonyl (C=O) groups excluding carboxylic acids is 1. The molecule has 0 atom stereocenters. The molecule has 0 radical (unpaired) electrons. The van der Waals surface area contributed by atoms with Crippen molar-refractivity contribution in [2.24, 2.45) is 0 Å². The van der Waals surface area contributed by atoms with Gasteiger partial charge in [0.1, 0.15) is 5.69 Å². The van der Waals surface area contributed by atoms with Crippen LogP contribution in [0.4, 0.5) is 11.4 Å². The van der Waals surface area contributed by atoms with Crippen molar-refractivity contribution in [1.82, 2.24) is 0 Å². The highest BCUT2D eigenvalue weighted by atomic mass is 16.6. The lowest BCUT2D eigenvalue weighted by atomic mass is 9.97. The maximum Gasteiger partial charge on any atom is 0.336 e. The number of carboxylic acids is 1. The standard InChI is InChI=1S/C20H22N2O5/c1-3-5-12-21(4-2)17-11-10-14(13-18(17)22(26)27)19(23)15-8-6-7-9-16(15)20(24)25/h6-11,13H,3-5,12H2,1-2H3,(H,24,25). The van der Waals surface area contributed by atoms with Gasteiger partial charge in [-0.1, -0.05) is 31.5 Å². The number of nitro groups is 1. The van der Waals surface area contributed by atoms with Crippen molar-refractivity contribution >= 4 is 23.1 Å². The maximum atomic E-state index is 12.8. The van der Waals surface area contributed by atoms with Crippen LogP contribution in [0, 0.1) is 10.1 Å². The predicted molar refractivity (Wildman–Crippen MR) is 103 cm³/mol. The summed E-state index contributed by atoms with van der Waals surface area (Å²) < 4.78 is 0. The van der Waals surface area contributed by atoms with Crippen molar-refractivity contribution < 1.29 is 19.6 Å². The van der Waals surface area contributed by atoms with Crippen molar-refractivity contribution in [3.05, 3.63) is 69.3 Å². The second kappa shape index (κ2) is 8.93. The Morgan fingerprint density at radius 3 is 2.33 bits per heavy atom. The quantitative estimate of drug-likeness (QED) is 0.404. The molecule has 7 nitrogen and oxygen atoms in total. The number of rotatable bonds is 9. The zero-order valence-electron chi connectivity index (χ0n) is 15.3. The smallest absolute Gasteiger partial charge is 0.336 e. The molecule has 2 aromatic carbocycles. The number of carbonyl (C=O) groups is 2. The number of hydrogen-bond donors (Lipinski definition) is 1. The first-order valence-electron chi connectivity index (χ1n) is 8.81. The Hall–Kier alpha value is -3.22. The molecule has 0 saturated heterocycles. The summed E-state index contributed by atoms with van der Waals surface area (Å²) in [6.07, 6.45) is 1.87. The summed E-state index contributed by atoms with van der Waals surface area (Å²) in [4.78, 5) is 37.1. The molecule has 0 unspecified atom stereocenters. The van der Waals surface area contributed by atoms with E-state index in [1.807, 2.05) is 18.7 Å². The van der Waals surface area contributed by atoms with Crippen molar-refractivity contribution in [3.8, 4) is 0 Å². The molecular weight excluding hydrogens is 348 g/mol. The topological polar surface area (TPSA) is 101 Å². The summed E-state index contributed by atoms with van der Waals surface area (Å²) in [7, 11) is 0. The van der Waals surface area contributed by atoms with Gasteiger partial charge in [-0.15, -0.1) is 0 Å². The number of carboxylic acid groups (broad SMARTS) is 1. The minimum absolute atomic E-state index is 0.00498. The minimum atomic E-state index is -1.22. The van der Waals surface area contributed by atoms with Crippen LogP contribution in [0.5, 0.6) is 0 Å². The number of unbranched alkanes of at least 4 members (excludes halogenated alkanes) is 1. The van der Waals surface area contributed by atoms with Crippen LogP contribution < -0.4 is 4.90 Å². The van der Waals surface area contributed by atoms with E-state index in [-0.39, 0.29) is 22.4 Å². The van der Waals surface area contributed by atoms with Gasteiger partial charge in [0.25, 0.3) is 5.69 Å². The van der Waals surface area contributed by atoms with Crippen LogP contribution in [0.3, 0.4) is 0 Å². The first-order valence-corrected chi connectivity index (χ1v) is 8.81. The molecule has 0 bridgehead atoms. The van der Waals surface area contributed by atoms with Crippen LogP contribution in [0.25, 0.3) is 0 Å². The van der Waals surface area contributed by atoms with E-state index in [0.717, 1.165) is 12.8 Å². The molecule has 0 aromatic heterocycles. The van der Waals surface area contributed by atoms with Crippen LogP contribution >= 0.6 is 0 Å². The van der Waals surface area contributed by atoms with Crippen molar-refractivity contribution in [2.45, 2.75) is 26.7 Å². The van der Waals surface area contributed by atoms with E-state index in [0.29, 0.717) is 18.8 Å². The molecule has 0 saturated carbocycles. The minimum Gasteiger partial charge on any atom is -0.478 e. The Kier molecular flexibility index (Phi) is 6.65. The third-order valence-electron chi connectivity index (χ3n) is 4.34. The molecule has 0 aliphatic rings. The second-order valence-corrected chi connectivity index (χ2v) is 6.07. The van der Waals surface area contributed by atoms with Crippen LogP contribution in [0.2, 0.25) is 0 Å². The van der Waals surface area contributed by atoms with Crippen LogP contribution in [-0.2, 0) is 0 Å². The first-order chi connectivity index (χ1) is 12.9. The van der Waals surface area contributed by atoms with Gasteiger partial charge in [0, 0.05) is 30.3 Å². The van der Waals surface area contributed by atoms with Gasteiger partial charge in [-0.05, 0) is 31.5 Å². The largest absolute Gasteiger partial charge is 0.478 e. The zero-order chi connectivity index (χ0) is 20.0. The summed E-state index contributed by atoms with van der Waals surface area (Å²) >= 11 is 0. The van der Waals surface area contributed by atoms with Gasteiger partial charge in [-0.25, -0.2) is 4.79 Å². The average Bonchev–Trinajstić information content (AvgIpc) is 2.67. The second-order valence-electron chi connectivity index (χ2n) is 6.07. The molecule has 0 amide bonds. The monoisotopic (exact) mass is 370 g/mol. The Morgan fingerprint density at radius 2 is 1.78 bits per heavy atom. The van der Waals surface area contributed by atoms with Gasteiger partial charge in [-0.2, -0.15) is 0 Å². The molecular formula is C20H22N2O5. The van der Waals surface area contributed by atoms with Gasteiger partial charge in [0.15, 0.2) is 5.78 Å². The SMILES string of the molecule is CCCCN(CC)c1ccc(C(=O)c2ccccc2C(=O)O)cc1[N+](=O)[O-]. The highest BCUT2D eigenvalue weighted by molar-refractivity contribution is 6.14. The molecule has 7 heteroatoms. The number of ketones is 1. The van der Waals surface area contributed by atoms with E-state index in [4.69, 9.17) is 0 Å². The summed E-state index contributed by atoms with van der Waals surface area (Å²) in [5.41, 5.74) is 0.258. The molecule has 1 N–H and O–H groups in total. The van der Waals surface area contributed by atoms with Crippen molar-refractivity contribution in [1.29, 1.82) is 0 Å². The number of aromatic carboxylic acids is 1. The third kappa shape index (κ3) is 4.49. The average molecular weight is 370 g/mol. The maximum absolute atomic E-state index is 12.8.